The highest BCUT2D eigenvalue weighted by Crippen LogP contribution is 2.02. The molecule has 1 atom stereocenters. The van der Waals surface area contributed by atoms with E-state index in [0.717, 1.165) is 0 Å². The Hall–Kier alpha value is -1.67. The van der Waals surface area contributed by atoms with E-state index in [-0.39, 0.29) is 18.5 Å². The molecule has 0 bridgehead atoms. The highest BCUT2D eigenvalue weighted by Gasteiger charge is 2.29. The van der Waals surface area contributed by atoms with Gasteiger partial charge in [-0.1, -0.05) is 0 Å². The zero-order valence-corrected chi connectivity index (χ0v) is 10.6. The summed E-state index contributed by atoms with van der Waals surface area (Å²) in [7, 11) is 2.99. The third kappa shape index (κ3) is 3.97. The molecule has 0 aliphatic carbocycles. The van der Waals surface area contributed by atoms with E-state index < -0.39 is 11.9 Å². The lowest BCUT2D eigenvalue weighted by atomic mass is 10.1. The summed E-state index contributed by atoms with van der Waals surface area (Å²) in [5, 5.41) is 10.1. The molecule has 0 aromatic heterocycles. The van der Waals surface area contributed by atoms with Gasteiger partial charge >= 0.3 is 6.03 Å². The molecule has 0 radical (unpaired) electrons. The van der Waals surface area contributed by atoms with Gasteiger partial charge in [-0.25, -0.2) is 4.79 Å². The van der Waals surface area contributed by atoms with Crippen LogP contribution in [0.15, 0.2) is 0 Å². The molecule has 8 heteroatoms. The van der Waals surface area contributed by atoms with Crippen molar-refractivity contribution >= 4 is 17.8 Å². The molecule has 1 rings (SSSR count). The summed E-state index contributed by atoms with van der Waals surface area (Å²) in [6.45, 7) is 1.81. The van der Waals surface area contributed by atoms with Gasteiger partial charge in [0.15, 0.2) is 0 Å². The Morgan fingerprint density at radius 1 is 1.28 bits per heavy atom. The normalized spacial score (nSPS) is 20.0. The molecule has 8 nitrogen and oxygen atoms in total. The van der Waals surface area contributed by atoms with Crippen LogP contribution in [0.2, 0.25) is 0 Å². The van der Waals surface area contributed by atoms with Crippen LogP contribution in [0.4, 0.5) is 4.79 Å². The van der Waals surface area contributed by atoms with Crippen molar-refractivity contribution in [2.24, 2.45) is 0 Å². The van der Waals surface area contributed by atoms with Crippen LogP contribution in [0.25, 0.3) is 0 Å². The highest BCUT2D eigenvalue weighted by molar-refractivity contribution is 5.95. The smallest absolute Gasteiger partial charge is 0.321 e. The number of amides is 4. The van der Waals surface area contributed by atoms with Gasteiger partial charge in [0.1, 0.15) is 6.04 Å². The molecule has 4 amide bonds. The average molecular weight is 257 g/mol. The average Bonchev–Trinajstić information content (AvgIpc) is 2.38. The molecule has 0 aromatic carbocycles. The van der Waals surface area contributed by atoms with Gasteiger partial charge in [-0.3, -0.25) is 19.8 Å². The molecule has 0 aromatic rings. The van der Waals surface area contributed by atoms with Crippen LogP contribution in [0.3, 0.4) is 0 Å². The van der Waals surface area contributed by atoms with E-state index in [4.69, 9.17) is 0 Å². The second-order valence-corrected chi connectivity index (χ2v) is 3.93. The first kappa shape index (κ1) is 14.4. The number of urea groups is 1. The van der Waals surface area contributed by atoms with Crippen LogP contribution >= 0.6 is 0 Å². The van der Waals surface area contributed by atoms with Crippen LogP contribution < -0.4 is 21.3 Å². The molecular formula is C10H19N5O3. The standard InChI is InChI=1S/C10H19N5O3/c1-11-9(17)7-5-13-3-4-15(7)6-8(16)14-10(18)12-2/h7,13H,3-6H2,1-2H3,(H,11,17)(H2,12,14,16,18). The van der Waals surface area contributed by atoms with Crippen LogP contribution in [0.5, 0.6) is 0 Å². The maximum Gasteiger partial charge on any atom is 0.321 e. The van der Waals surface area contributed by atoms with Crippen molar-refractivity contribution in [3.8, 4) is 0 Å². The molecule has 1 aliphatic heterocycles. The number of imide groups is 1. The van der Waals surface area contributed by atoms with Crippen molar-refractivity contribution < 1.29 is 14.4 Å². The van der Waals surface area contributed by atoms with E-state index in [1.807, 2.05) is 0 Å². The van der Waals surface area contributed by atoms with E-state index in [2.05, 4.69) is 21.3 Å². The molecule has 1 fully saturated rings. The van der Waals surface area contributed by atoms with E-state index in [1.54, 1.807) is 11.9 Å². The Morgan fingerprint density at radius 2 is 2.00 bits per heavy atom. The first-order valence-electron chi connectivity index (χ1n) is 5.76. The summed E-state index contributed by atoms with van der Waals surface area (Å²) in [6, 6.07) is -0.939. The summed E-state index contributed by atoms with van der Waals surface area (Å²) in [5.41, 5.74) is 0. The van der Waals surface area contributed by atoms with E-state index in [1.165, 1.54) is 7.05 Å². The van der Waals surface area contributed by atoms with Gasteiger partial charge in [0.2, 0.25) is 11.8 Å². The predicted octanol–water partition coefficient (Wildman–Crippen LogP) is -2.54. The van der Waals surface area contributed by atoms with Crippen molar-refractivity contribution in [1.29, 1.82) is 0 Å². The summed E-state index contributed by atoms with van der Waals surface area (Å²) in [5.74, 6) is -0.569. The van der Waals surface area contributed by atoms with Gasteiger partial charge in [0.25, 0.3) is 0 Å². The highest BCUT2D eigenvalue weighted by atomic mass is 16.2. The first-order valence-corrected chi connectivity index (χ1v) is 5.76. The van der Waals surface area contributed by atoms with Crippen molar-refractivity contribution in [1.82, 2.24) is 26.2 Å². The number of nitrogens with zero attached hydrogens (tertiary/aromatic N) is 1. The molecule has 102 valence electrons. The molecule has 18 heavy (non-hydrogen) atoms. The van der Waals surface area contributed by atoms with Crippen molar-refractivity contribution in [2.45, 2.75) is 6.04 Å². The van der Waals surface area contributed by atoms with Gasteiger partial charge in [0, 0.05) is 33.7 Å². The lowest BCUT2D eigenvalue weighted by Gasteiger charge is -2.34. The van der Waals surface area contributed by atoms with Gasteiger partial charge in [-0.05, 0) is 0 Å². The molecular weight excluding hydrogens is 238 g/mol. The van der Waals surface area contributed by atoms with E-state index in [9.17, 15) is 14.4 Å². The fourth-order valence-electron chi connectivity index (χ4n) is 1.77. The summed E-state index contributed by atoms with van der Waals surface area (Å²) in [4.78, 5) is 35.9. The van der Waals surface area contributed by atoms with Crippen molar-refractivity contribution in [2.75, 3.05) is 40.3 Å². The third-order valence-electron chi connectivity index (χ3n) is 2.73. The minimum absolute atomic E-state index is 0.0210. The summed E-state index contributed by atoms with van der Waals surface area (Å²) in [6.07, 6.45) is 0. The SMILES string of the molecule is CNC(=O)NC(=O)CN1CCNCC1C(=O)NC. The Labute approximate surface area is 105 Å². The Balaban J connectivity index is 2.54. The topological polar surface area (TPSA) is 103 Å². The number of hydrogen-bond donors (Lipinski definition) is 4. The molecule has 0 saturated carbocycles. The van der Waals surface area contributed by atoms with Crippen molar-refractivity contribution in [3.63, 3.8) is 0 Å². The van der Waals surface area contributed by atoms with Crippen LogP contribution in [0, 0.1) is 0 Å². The quantitative estimate of drug-likeness (QED) is 0.446. The van der Waals surface area contributed by atoms with Crippen LogP contribution in [0.1, 0.15) is 0 Å². The number of nitrogens with one attached hydrogen (secondary N) is 4. The molecule has 4 N–H and O–H groups in total. The minimum Gasteiger partial charge on any atom is -0.358 e. The summed E-state index contributed by atoms with van der Waals surface area (Å²) < 4.78 is 0. The monoisotopic (exact) mass is 257 g/mol. The Morgan fingerprint density at radius 3 is 2.61 bits per heavy atom. The fourth-order valence-corrected chi connectivity index (χ4v) is 1.77. The number of hydrogen-bond acceptors (Lipinski definition) is 5. The summed E-state index contributed by atoms with van der Waals surface area (Å²) >= 11 is 0. The molecule has 1 saturated heterocycles. The number of piperazine rings is 1. The third-order valence-corrected chi connectivity index (χ3v) is 2.73. The Kier molecular flexibility index (Phi) is 5.53. The largest absolute Gasteiger partial charge is 0.358 e. The lowest BCUT2D eigenvalue weighted by molar-refractivity contribution is -0.128. The van der Waals surface area contributed by atoms with Crippen LogP contribution in [-0.4, -0.2) is 69.1 Å². The van der Waals surface area contributed by atoms with E-state index >= 15 is 0 Å². The molecule has 1 heterocycles. The molecule has 1 aliphatic rings. The first-order chi connectivity index (χ1) is 8.58. The second-order valence-electron chi connectivity index (χ2n) is 3.93. The minimum atomic E-state index is -0.549. The maximum absolute atomic E-state index is 11.6. The maximum atomic E-state index is 11.6. The van der Waals surface area contributed by atoms with E-state index in [0.29, 0.717) is 19.6 Å². The number of carbonyl (C=O) groups is 3. The predicted molar refractivity (Wildman–Crippen MR) is 64.9 cm³/mol. The lowest BCUT2D eigenvalue weighted by Crippen LogP contribution is -2.59. The second kappa shape index (κ2) is 6.92. The number of carbonyl (C=O) groups excluding carboxylic acids is 3. The molecule has 1 unspecified atom stereocenters. The van der Waals surface area contributed by atoms with Gasteiger partial charge < -0.3 is 16.0 Å². The van der Waals surface area contributed by atoms with Gasteiger partial charge in [-0.15, -0.1) is 0 Å². The Bertz CT molecular complexity index is 333. The fraction of sp³-hybridized carbons (Fsp3) is 0.700. The van der Waals surface area contributed by atoms with Crippen LogP contribution in [-0.2, 0) is 9.59 Å². The van der Waals surface area contributed by atoms with Gasteiger partial charge in [-0.2, -0.15) is 0 Å². The zero-order valence-electron chi connectivity index (χ0n) is 10.6. The number of rotatable bonds is 3. The van der Waals surface area contributed by atoms with Crippen molar-refractivity contribution in [3.05, 3.63) is 0 Å². The molecule has 0 spiro atoms. The number of likely N-dealkylation sites (N-methyl/N-ethyl adjacent to an activating group) is 1. The zero-order chi connectivity index (χ0) is 13.5. The van der Waals surface area contributed by atoms with Gasteiger partial charge in [0.05, 0.1) is 6.54 Å².